The van der Waals surface area contributed by atoms with E-state index in [9.17, 15) is 4.79 Å². The highest BCUT2D eigenvalue weighted by molar-refractivity contribution is 9.10. The molecule has 2 rings (SSSR count). The first-order chi connectivity index (χ1) is 7.18. The number of carbonyl (C=O) groups is 1. The molecule has 15 heavy (non-hydrogen) atoms. The lowest BCUT2D eigenvalue weighted by Crippen LogP contribution is -1.93. The highest BCUT2D eigenvalue weighted by Gasteiger charge is 2.07. The summed E-state index contributed by atoms with van der Waals surface area (Å²) in [7, 11) is 0. The number of rotatable bonds is 2. The van der Waals surface area contributed by atoms with Gasteiger partial charge < -0.3 is 4.42 Å². The molecule has 0 N–H and O–H groups in total. The third kappa shape index (κ3) is 2.02. The first kappa shape index (κ1) is 10.2. The summed E-state index contributed by atoms with van der Waals surface area (Å²) in [5, 5.41) is 0. The molecule has 0 unspecified atom stereocenters. The number of benzene rings is 1. The number of carbonyl (C=O) groups excluding carboxylic acids is 1. The lowest BCUT2D eigenvalue weighted by atomic mass is 10.1. The van der Waals surface area contributed by atoms with Crippen LogP contribution >= 0.6 is 15.9 Å². The fourth-order valence-electron chi connectivity index (χ4n) is 1.40. The van der Waals surface area contributed by atoms with Crippen LogP contribution in [0.2, 0.25) is 0 Å². The van der Waals surface area contributed by atoms with Gasteiger partial charge in [-0.05, 0) is 31.2 Å². The minimum absolute atomic E-state index is 0.0490. The summed E-state index contributed by atoms with van der Waals surface area (Å²) < 4.78 is 6.06. The summed E-state index contributed by atoms with van der Waals surface area (Å²) in [6.45, 7) is 1.55. The van der Waals surface area contributed by atoms with E-state index in [2.05, 4.69) is 15.9 Å². The third-order valence-corrected chi connectivity index (χ3v) is 2.81. The predicted octanol–water partition coefficient (Wildman–Crippen LogP) is 3.91. The predicted molar refractivity (Wildman–Crippen MR) is 61.8 cm³/mol. The van der Waals surface area contributed by atoms with Crippen LogP contribution in [0.25, 0.3) is 11.3 Å². The highest BCUT2D eigenvalue weighted by atomic mass is 79.9. The van der Waals surface area contributed by atoms with Crippen LogP contribution in [0.1, 0.15) is 17.3 Å². The minimum atomic E-state index is 0.0490. The van der Waals surface area contributed by atoms with Gasteiger partial charge in [-0.25, -0.2) is 0 Å². The van der Waals surface area contributed by atoms with Gasteiger partial charge in [-0.3, -0.25) is 4.79 Å². The Kier molecular flexibility index (Phi) is 2.73. The van der Waals surface area contributed by atoms with Crippen LogP contribution in [-0.2, 0) is 0 Å². The maximum Gasteiger partial charge on any atom is 0.160 e. The molecule has 0 aliphatic rings. The Morgan fingerprint density at radius 1 is 1.33 bits per heavy atom. The molecule has 3 heteroatoms. The molecule has 0 spiro atoms. The molecule has 1 aromatic carbocycles. The van der Waals surface area contributed by atoms with Crippen molar-refractivity contribution in [2.24, 2.45) is 0 Å². The number of ketones is 1. The van der Waals surface area contributed by atoms with Crippen molar-refractivity contribution in [3.8, 4) is 11.3 Å². The number of furan rings is 1. The molecule has 0 saturated carbocycles. The fourth-order valence-corrected chi connectivity index (χ4v) is 2.05. The number of hydrogen-bond acceptors (Lipinski definition) is 2. The van der Waals surface area contributed by atoms with Crippen molar-refractivity contribution in [2.75, 3.05) is 0 Å². The zero-order valence-electron chi connectivity index (χ0n) is 8.16. The number of hydrogen-bond donors (Lipinski definition) is 0. The molecule has 0 amide bonds. The van der Waals surface area contributed by atoms with Gasteiger partial charge in [-0.2, -0.15) is 0 Å². The summed E-state index contributed by atoms with van der Waals surface area (Å²) in [4.78, 5) is 11.2. The van der Waals surface area contributed by atoms with E-state index in [1.54, 1.807) is 19.3 Å². The van der Waals surface area contributed by atoms with Gasteiger partial charge in [-0.15, -0.1) is 0 Å². The van der Waals surface area contributed by atoms with E-state index in [4.69, 9.17) is 4.42 Å². The molecular weight excluding hydrogens is 256 g/mol. The van der Waals surface area contributed by atoms with Crippen molar-refractivity contribution >= 4 is 21.7 Å². The Balaban J connectivity index is 2.47. The number of Topliss-reactive ketones (excluding diaryl/α,β-unsaturated/α-hetero) is 1. The second kappa shape index (κ2) is 4.03. The van der Waals surface area contributed by atoms with E-state index in [0.717, 1.165) is 15.8 Å². The van der Waals surface area contributed by atoms with Crippen molar-refractivity contribution in [3.63, 3.8) is 0 Å². The molecule has 0 aliphatic heterocycles. The second-order valence-corrected chi connectivity index (χ2v) is 4.08. The van der Waals surface area contributed by atoms with Crippen molar-refractivity contribution in [3.05, 3.63) is 46.6 Å². The maximum absolute atomic E-state index is 11.2. The van der Waals surface area contributed by atoms with Gasteiger partial charge in [0.1, 0.15) is 5.76 Å². The van der Waals surface area contributed by atoms with Crippen molar-refractivity contribution in [2.45, 2.75) is 6.92 Å². The van der Waals surface area contributed by atoms with Crippen LogP contribution in [0.5, 0.6) is 0 Å². The molecule has 0 fully saturated rings. The molecule has 1 heterocycles. The largest absolute Gasteiger partial charge is 0.464 e. The monoisotopic (exact) mass is 264 g/mol. The zero-order chi connectivity index (χ0) is 10.8. The lowest BCUT2D eigenvalue weighted by Gasteiger charge is -2.02. The Hall–Kier alpha value is -1.35. The molecule has 0 saturated heterocycles. The van der Waals surface area contributed by atoms with Crippen LogP contribution in [0.3, 0.4) is 0 Å². The van der Waals surface area contributed by atoms with Gasteiger partial charge >= 0.3 is 0 Å². The summed E-state index contributed by atoms with van der Waals surface area (Å²) in [5.74, 6) is 0.846. The first-order valence-electron chi connectivity index (χ1n) is 4.53. The molecule has 0 atom stereocenters. The lowest BCUT2D eigenvalue weighted by molar-refractivity contribution is 0.101. The summed E-state index contributed by atoms with van der Waals surface area (Å²) >= 11 is 3.37. The average Bonchev–Trinajstić information content (AvgIpc) is 2.69. The fraction of sp³-hybridized carbons (Fsp3) is 0.0833. The Labute approximate surface area is 96.0 Å². The summed E-state index contributed by atoms with van der Waals surface area (Å²) in [5.41, 5.74) is 1.64. The van der Waals surface area contributed by atoms with Crippen LogP contribution in [-0.4, -0.2) is 5.78 Å². The van der Waals surface area contributed by atoms with E-state index >= 15 is 0 Å². The maximum atomic E-state index is 11.2. The molecule has 0 radical (unpaired) electrons. The van der Waals surface area contributed by atoms with E-state index in [1.165, 1.54) is 0 Å². The van der Waals surface area contributed by atoms with Gasteiger partial charge in [0.15, 0.2) is 5.78 Å². The molecular formula is C12H9BrO2. The Bertz CT molecular complexity index is 486. The van der Waals surface area contributed by atoms with E-state index in [1.807, 2.05) is 24.3 Å². The molecule has 1 aromatic heterocycles. The van der Waals surface area contributed by atoms with Crippen LogP contribution in [0.4, 0.5) is 0 Å². The zero-order valence-corrected chi connectivity index (χ0v) is 9.74. The van der Waals surface area contributed by atoms with Gasteiger partial charge in [0.2, 0.25) is 0 Å². The van der Waals surface area contributed by atoms with Crippen molar-refractivity contribution in [1.29, 1.82) is 0 Å². The van der Waals surface area contributed by atoms with Gasteiger partial charge in [0.05, 0.1) is 6.26 Å². The van der Waals surface area contributed by atoms with Crippen molar-refractivity contribution < 1.29 is 9.21 Å². The molecule has 76 valence electrons. The molecule has 0 aliphatic carbocycles. The van der Waals surface area contributed by atoms with E-state index in [-0.39, 0.29) is 5.78 Å². The molecule has 2 aromatic rings. The quantitative estimate of drug-likeness (QED) is 0.770. The van der Waals surface area contributed by atoms with E-state index in [0.29, 0.717) is 5.56 Å². The van der Waals surface area contributed by atoms with Crippen molar-refractivity contribution in [1.82, 2.24) is 0 Å². The number of halogens is 1. The normalized spacial score (nSPS) is 10.3. The molecule has 2 nitrogen and oxygen atoms in total. The topological polar surface area (TPSA) is 30.2 Å². The Morgan fingerprint density at radius 2 is 2.13 bits per heavy atom. The SMILES string of the molecule is CC(=O)c1ccc(-c2ccco2)cc1Br. The second-order valence-electron chi connectivity index (χ2n) is 3.23. The highest BCUT2D eigenvalue weighted by Crippen LogP contribution is 2.26. The Morgan fingerprint density at radius 3 is 2.67 bits per heavy atom. The smallest absolute Gasteiger partial charge is 0.160 e. The van der Waals surface area contributed by atoms with Gasteiger partial charge in [0, 0.05) is 15.6 Å². The summed E-state index contributed by atoms with van der Waals surface area (Å²) in [6.07, 6.45) is 1.63. The van der Waals surface area contributed by atoms with Gasteiger partial charge in [-0.1, -0.05) is 22.0 Å². The minimum Gasteiger partial charge on any atom is -0.464 e. The standard InChI is InChI=1S/C12H9BrO2/c1-8(14)10-5-4-9(7-11(10)13)12-3-2-6-15-12/h2-7H,1H3. The van der Waals surface area contributed by atoms with Crippen LogP contribution in [0, 0.1) is 0 Å². The van der Waals surface area contributed by atoms with Crippen LogP contribution < -0.4 is 0 Å². The van der Waals surface area contributed by atoms with Gasteiger partial charge in [0.25, 0.3) is 0 Å². The molecule has 0 bridgehead atoms. The average molecular weight is 265 g/mol. The third-order valence-electron chi connectivity index (χ3n) is 2.15. The first-order valence-corrected chi connectivity index (χ1v) is 5.32. The summed E-state index contributed by atoms with van der Waals surface area (Å²) in [6, 6.07) is 9.28. The van der Waals surface area contributed by atoms with Crippen LogP contribution in [0.15, 0.2) is 45.5 Å². The van der Waals surface area contributed by atoms with E-state index < -0.39 is 0 Å².